The van der Waals surface area contributed by atoms with E-state index in [2.05, 4.69) is 4.90 Å². The summed E-state index contributed by atoms with van der Waals surface area (Å²) < 4.78 is 10.9. The molecule has 0 saturated carbocycles. The van der Waals surface area contributed by atoms with E-state index in [4.69, 9.17) is 9.47 Å². The largest absolute Gasteiger partial charge is 0.388 e. The zero-order chi connectivity index (χ0) is 10.7. The van der Waals surface area contributed by atoms with Gasteiger partial charge in [0.1, 0.15) is 6.10 Å². The van der Waals surface area contributed by atoms with Crippen LogP contribution in [0.1, 0.15) is 19.8 Å². The fourth-order valence-corrected chi connectivity index (χ4v) is 2.42. The standard InChI is InChI=1S/C11H21NO3/c1-2-14-8-10(13)11-6-12-5-3-4-9(12)7-15-11/h9-11,13H,2-8H2,1H3. The van der Waals surface area contributed by atoms with Gasteiger partial charge >= 0.3 is 0 Å². The first kappa shape index (κ1) is 11.3. The molecule has 0 amide bonds. The van der Waals surface area contributed by atoms with E-state index in [0.29, 0.717) is 19.3 Å². The second kappa shape index (κ2) is 5.25. The van der Waals surface area contributed by atoms with E-state index in [1.807, 2.05) is 6.92 Å². The summed E-state index contributed by atoms with van der Waals surface area (Å²) in [5, 5.41) is 9.85. The topological polar surface area (TPSA) is 41.9 Å². The predicted octanol–water partition coefficient (Wildman–Crippen LogP) is 0.247. The van der Waals surface area contributed by atoms with Gasteiger partial charge in [-0.15, -0.1) is 0 Å². The van der Waals surface area contributed by atoms with Crippen molar-refractivity contribution in [1.29, 1.82) is 0 Å². The number of aliphatic hydroxyl groups is 1. The van der Waals surface area contributed by atoms with Crippen molar-refractivity contribution in [3.05, 3.63) is 0 Å². The van der Waals surface area contributed by atoms with Crippen LogP contribution in [0, 0.1) is 0 Å². The number of hydrogen-bond donors (Lipinski definition) is 1. The lowest BCUT2D eigenvalue weighted by molar-refractivity contribution is -0.119. The Kier molecular flexibility index (Phi) is 3.97. The van der Waals surface area contributed by atoms with Crippen LogP contribution >= 0.6 is 0 Å². The normalized spacial score (nSPS) is 34.0. The molecule has 3 unspecified atom stereocenters. The Morgan fingerprint density at radius 2 is 2.47 bits per heavy atom. The Balaban J connectivity index is 1.78. The van der Waals surface area contributed by atoms with Crippen LogP contribution in [0.5, 0.6) is 0 Å². The van der Waals surface area contributed by atoms with Crippen molar-refractivity contribution < 1.29 is 14.6 Å². The number of fused-ring (bicyclic) bond motifs is 1. The molecular formula is C11H21NO3. The molecular weight excluding hydrogens is 194 g/mol. The van der Waals surface area contributed by atoms with Gasteiger partial charge in [-0.05, 0) is 26.3 Å². The third-order valence-corrected chi connectivity index (χ3v) is 3.34. The molecule has 2 heterocycles. The average molecular weight is 215 g/mol. The lowest BCUT2D eigenvalue weighted by Gasteiger charge is -2.37. The summed E-state index contributed by atoms with van der Waals surface area (Å²) in [6.45, 7) is 5.76. The van der Waals surface area contributed by atoms with Crippen LogP contribution in [-0.4, -0.2) is 61.2 Å². The van der Waals surface area contributed by atoms with Crippen molar-refractivity contribution in [3.63, 3.8) is 0 Å². The number of nitrogens with zero attached hydrogens (tertiary/aromatic N) is 1. The smallest absolute Gasteiger partial charge is 0.105 e. The maximum Gasteiger partial charge on any atom is 0.105 e. The van der Waals surface area contributed by atoms with Crippen molar-refractivity contribution in [2.24, 2.45) is 0 Å². The van der Waals surface area contributed by atoms with Crippen LogP contribution in [0.2, 0.25) is 0 Å². The predicted molar refractivity (Wildman–Crippen MR) is 56.8 cm³/mol. The Morgan fingerprint density at radius 3 is 3.27 bits per heavy atom. The first-order chi connectivity index (χ1) is 7.31. The lowest BCUT2D eigenvalue weighted by Crippen LogP contribution is -2.51. The van der Waals surface area contributed by atoms with Gasteiger partial charge in [-0.25, -0.2) is 0 Å². The van der Waals surface area contributed by atoms with E-state index in [-0.39, 0.29) is 6.10 Å². The summed E-state index contributed by atoms with van der Waals surface area (Å²) in [4.78, 5) is 2.43. The summed E-state index contributed by atoms with van der Waals surface area (Å²) >= 11 is 0. The first-order valence-corrected chi connectivity index (χ1v) is 5.92. The molecule has 1 N–H and O–H groups in total. The molecule has 0 radical (unpaired) electrons. The molecule has 0 aromatic carbocycles. The number of aliphatic hydroxyl groups excluding tert-OH is 1. The second-order valence-electron chi connectivity index (χ2n) is 4.39. The molecule has 0 aromatic rings. The van der Waals surface area contributed by atoms with E-state index in [1.54, 1.807) is 0 Å². The second-order valence-corrected chi connectivity index (χ2v) is 4.39. The minimum absolute atomic E-state index is 0.0640. The maximum atomic E-state index is 9.85. The Morgan fingerprint density at radius 1 is 1.60 bits per heavy atom. The van der Waals surface area contributed by atoms with Crippen LogP contribution in [0.15, 0.2) is 0 Å². The molecule has 0 bridgehead atoms. The van der Waals surface area contributed by atoms with E-state index < -0.39 is 6.10 Å². The molecule has 2 fully saturated rings. The SMILES string of the molecule is CCOCC(O)C1CN2CCCC2CO1. The third kappa shape index (κ3) is 2.69. The summed E-state index contributed by atoms with van der Waals surface area (Å²) in [6.07, 6.45) is 1.97. The van der Waals surface area contributed by atoms with Gasteiger partial charge < -0.3 is 14.6 Å². The van der Waals surface area contributed by atoms with Gasteiger partial charge in [-0.3, -0.25) is 4.90 Å². The van der Waals surface area contributed by atoms with Crippen LogP contribution in [-0.2, 0) is 9.47 Å². The number of rotatable bonds is 4. The highest BCUT2D eigenvalue weighted by molar-refractivity contribution is 4.87. The molecule has 0 aromatic heterocycles. The molecule has 15 heavy (non-hydrogen) atoms. The highest BCUT2D eigenvalue weighted by atomic mass is 16.5. The van der Waals surface area contributed by atoms with Crippen LogP contribution in [0.4, 0.5) is 0 Å². The number of hydrogen-bond acceptors (Lipinski definition) is 4. The van der Waals surface area contributed by atoms with Gasteiger partial charge in [0.2, 0.25) is 0 Å². The summed E-state index contributed by atoms with van der Waals surface area (Å²) in [5.74, 6) is 0. The molecule has 3 atom stereocenters. The highest BCUT2D eigenvalue weighted by Crippen LogP contribution is 2.23. The summed E-state index contributed by atoms with van der Waals surface area (Å²) in [6, 6.07) is 0.598. The van der Waals surface area contributed by atoms with E-state index in [9.17, 15) is 5.11 Å². The first-order valence-electron chi connectivity index (χ1n) is 5.92. The van der Waals surface area contributed by atoms with E-state index in [1.165, 1.54) is 12.8 Å². The fourth-order valence-electron chi connectivity index (χ4n) is 2.42. The Hall–Kier alpha value is -0.160. The molecule has 0 aliphatic carbocycles. The quantitative estimate of drug-likeness (QED) is 0.730. The number of ether oxygens (including phenoxy) is 2. The van der Waals surface area contributed by atoms with Crippen molar-refractivity contribution in [2.45, 2.75) is 38.0 Å². The molecule has 0 spiro atoms. The van der Waals surface area contributed by atoms with Gasteiger partial charge in [0.15, 0.2) is 0 Å². The number of morpholine rings is 1. The molecule has 88 valence electrons. The van der Waals surface area contributed by atoms with Crippen molar-refractivity contribution in [2.75, 3.05) is 32.9 Å². The molecule has 4 nitrogen and oxygen atoms in total. The lowest BCUT2D eigenvalue weighted by atomic mass is 10.1. The Labute approximate surface area is 91.2 Å². The summed E-state index contributed by atoms with van der Waals surface area (Å²) in [7, 11) is 0. The zero-order valence-electron chi connectivity index (χ0n) is 9.39. The fraction of sp³-hybridized carbons (Fsp3) is 1.00. The van der Waals surface area contributed by atoms with Crippen molar-refractivity contribution >= 4 is 0 Å². The molecule has 2 aliphatic heterocycles. The van der Waals surface area contributed by atoms with Crippen molar-refractivity contribution in [1.82, 2.24) is 4.90 Å². The maximum absolute atomic E-state index is 9.85. The minimum Gasteiger partial charge on any atom is -0.388 e. The summed E-state index contributed by atoms with van der Waals surface area (Å²) in [5.41, 5.74) is 0. The Bertz CT molecular complexity index is 200. The molecule has 2 saturated heterocycles. The van der Waals surface area contributed by atoms with Gasteiger partial charge in [0.25, 0.3) is 0 Å². The van der Waals surface area contributed by atoms with Gasteiger partial charge in [0.05, 0.1) is 19.3 Å². The van der Waals surface area contributed by atoms with Crippen molar-refractivity contribution in [3.8, 4) is 0 Å². The highest BCUT2D eigenvalue weighted by Gasteiger charge is 2.35. The molecule has 2 rings (SSSR count). The van der Waals surface area contributed by atoms with Crippen LogP contribution < -0.4 is 0 Å². The molecule has 2 aliphatic rings. The third-order valence-electron chi connectivity index (χ3n) is 3.34. The minimum atomic E-state index is -0.480. The molecule has 4 heteroatoms. The van der Waals surface area contributed by atoms with E-state index in [0.717, 1.165) is 19.7 Å². The average Bonchev–Trinajstić information content (AvgIpc) is 2.72. The van der Waals surface area contributed by atoms with Gasteiger partial charge in [-0.1, -0.05) is 0 Å². The zero-order valence-corrected chi connectivity index (χ0v) is 9.39. The van der Waals surface area contributed by atoms with E-state index >= 15 is 0 Å². The van der Waals surface area contributed by atoms with Crippen LogP contribution in [0.3, 0.4) is 0 Å². The monoisotopic (exact) mass is 215 g/mol. The van der Waals surface area contributed by atoms with Crippen LogP contribution in [0.25, 0.3) is 0 Å². The van der Waals surface area contributed by atoms with Gasteiger partial charge in [0, 0.05) is 19.2 Å². The van der Waals surface area contributed by atoms with Gasteiger partial charge in [-0.2, -0.15) is 0 Å².